The second kappa shape index (κ2) is 10.2. The van der Waals surface area contributed by atoms with E-state index < -0.39 is 0 Å². The smallest absolute Gasteiger partial charge is 0.136 e. The molecule has 0 fully saturated rings. The van der Waals surface area contributed by atoms with Crippen LogP contribution in [0.1, 0.15) is 25.0 Å². The molecule has 2 heterocycles. The van der Waals surface area contributed by atoms with E-state index in [0.717, 1.165) is 27.6 Å². The minimum Gasteiger partial charge on any atom is -0.456 e. The van der Waals surface area contributed by atoms with Crippen molar-refractivity contribution >= 4 is 76.1 Å². The van der Waals surface area contributed by atoms with Crippen LogP contribution in [0.25, 0.3) is 104 Å². The highest BCUT2D eigenvalue weighted by molar-refractivity contribution is 6.26. The highest BCUT2D eigenvalue weighted by Crippen LogP contribution is 2.50. The lowest BCUT2D eigenvalue weighted by Crippen LogP contribution is -2.14. The molecule has 0 unspecified atom stereocenters. The third-order valence-electron chi connectivity index (χ3n) is 12.2. The molecule has 0 amide bonds. The van der Waals surface area contributed by atoms with Crippen molar-refractivity contribution in [2.45, 2.75) is 19.3 Å². The van der Waals surface area contributed by atoms with Crippen molar-refractivity contribution in [3.05, 3.63) is 175 Å². The molecule has 0 N–H and O–H groups in total. The van der Waals surface area contributed by atoms with Crippen LogP contribution in [0.2, 0.25) is 0 Å². The zero-order valence-electron chi connectivity index (χ0n) is 29.4. The van der Waals surface area contributed by atoms with Crippen molar-refractivity contribution in [1.29, 1.82) is 0 Å². The summed E-state index contributed by atoms with van der Waals surface area (Å²) in [4.78, 5) is 0. The summed E-state index contributed by atoms with van der Waals surface area (Å²) < 4.78 is 8.94. The van der Waals surface area contributed by atoms with E-state index in [1.165, 1.54) is 87.5 Å². The molecule has 11 aromatic rings. The average Bonchev–Trinajstić information content (AvgIpc) is 3.81. The molecule has 9 aromatic carbocycles. The van der Waals surface area contributed by atoms with Gasteiger partial charge in [0.25, 0.3) is 0 Å². The van der Waals surface area contributed by atoms with Crippen LogP contribution in [0.4, 0.5) is 0 Å². The summed E-state index contributed by atoms with van der Waals surface area (Å²) in [5, 5.41) is 12.3. The Morgan fingerprint density at radius 2 is 0.981 bits per heavy atom. The highest BCUT2D eigenvalue weighted by atomic mass is 16.3. The van der Waals surface area contributed by atoms with E-state index in [4.69, 9.17) is 4.42 Å². The van der Waals surface area contributed by atoms with Gasteiger partial charge in [0.15, 0.2) is 0 Å². The Morgan fingerprint density at radius 1 is 0.377 bits per heavy atom. The molecule has 0 radical (unpaired) electrons. The van der Waals surface area contributed by atoms with Crippen LogP contribution >= 0.6 is 0 Å². The van der Waals surface area contributed by atoms with Crippen LogP contribution in [0.15, 0.2) is 168 Å². The van der Waals surface area contributed by atoms with Crippen LogP contribution in [-0.4, -0.2) is 4.57 Å². The third kappa shape index (κ3) is 3.87. The topological polar surface area (TPSA) is 18.1 Å². The molecule has 0 atom stereocenters. The van der Waals surface area contributed by atoms with Gasteiger partial charge in [0, 0.05) is 32.6 Å². The van der Waals surface area contributed by atoms with E-state index >= 15 is 0 Å². The molecule has 2 aromatic heterocycles. The van der Waals surface area contributed by atoms with Gasteiger partial charge in [0.2, 0.25) is 0 Å². The average molecular weight is 676 g/mol. The molecule has 1 aliphatic carbocycles. The predicted octanol–water partition coefficient (Wildman–Crippen LogP) is 14.1. The first-order valence-electron chi connectivity index (χ1n) is 18.5. The van der Waals surface area contributed by atoms with Crippen molar-refractivity contribution in [2.24, 2.45) is 0 Å². The van der Waals surface area contributed by atoms with Crippen LogP contribution < -0.4 is 0 Å². The van der Waals surface area contributed by atoms with E-state index in [2.05, 4.69) is 176 Å². The number of rotatable bonds is 2. The first-order chi connectivity index (χ1) is 26.0. The summed E-state index contributed by atoms with van der Waals surface area (Å²) in [6.07, 6.45) is 0. The van der Waals surface area contributed by atoms with Crippen LogP contribution in [0.5, 0.6) is 0 Å². The SMILES string of the molecule is CC1(C)c2ccccc2-c2cc(-c3ccc4c(c3)c3cc5oc6ccccc6c5cc3n4-c3ccc4c5ccccc5c5ccccc5c4c3)ccc21. The Morgan fingerprint density at radius 3 is 1.77 bits per heavy atom. The second-order valence-corrected chi connectivity index (χ2v) is 15.3. The molecule has 12 rings (SSSR count). The lowest BCUT2D eigenvalue weighted by Gasteiger charge is -2.21. The van der Waals surface area contributed by atoms with Gasteiger partial charge in [-0.25, -0.2) is 0 Å². The monoisotopic (exact) mass is 675 g/mol. The van der Waals surface area contributed by atoms with E-state index in [1.807, 2.05) is 6.07 Å². The maximum Gasteiger partial charge on any atom is 0.136 e. The summed E-state index contributed by atoms with van der Waals surface area (Å²) in [5.41, 5.74) is 13.2. The van der Waals surface area contributed by atoms with Gasteiger partial charge in [-0.05, 0) is 114 Å². The molecule has 0 bridgehead atoms. The maximum absolute atomic E-state index is 6.48. The number of para-hydroxylation sites is 1. The molecule has 2 nitrogen and oxygen atoms in total. The van der Waals surface area contributed by atoms with Crippen molar-refractivity contribution in [2.75, 3.05) is 0 Å². The fraction of sp³-hybridized carbons (Fsp3) is 0.0588. The largest absolute Gasteiger partial charge is 0.456 e. The standard InChI is InChI=1S/C51H33NO/c1-51(2)45-17-9-7-15-38(45)41-25-30(19-23-46(41)51)31-20-24-47-42(26-31)43-29-50-44(39-16-8-10-18-49(39)53-50)28-48(43)52(47)32-21-22-37-35-13-4-3-11-33(35)34-12-5-6-14-36(34)40(37)27-32/h3-29H,1-2H3. The van der Waals surface area contributed by atoms with E-state index in [-0.39, 0.29) is 5.41 Å². The van der Waals surface area contributed by atoms with Gasteiger partial charge in [-0.3, -0.25) is 0 Å². The van der Waals surface area contributed by atoms with Crippen molar-refractivity contribution in [3.63, 3.8) is 0 Å². The first-order valence-corrected chi connectivity index (χ1v) is 18.5. The van der Waals surface area contributed by atoms with Gasteiger partial charge in [0.05, 0.1) is 11.0 Å². The number of fused-ring (bicyclic) bond motifs is 15. The quantitative estimate of drug-likeness (QED) is 0.167. The fourth-order valence-corrected chi connectivity index (χ4v) is 9.63. The van der Waals surface area contributed by atoms with Gasteiger partial charge >= 0.3 is 0 Å². The van der Waals surface area contributed by atoms with Crippen LogP contribution in [0.3, 0.4) is 0 Å². The fourth-order valence-electron chi connectivity index (χ4n) is 9.63. The van der Waals surface area contributed by atoms with E-state index in [9.17, 15) is 0 Å². The van der Waals surface area contributed by atoms with Gasteiger partial charge in [-0.15, -0.1) is 0 Å². The Bertz CT molecular complexity index is 3340. The molecule has 53 heavy (non-hydrogen) atoms. The molecular weight excluding hydrogens is 643 g/mol. The molecule has 248 valence electrons. The zero-order chi connectivity index (χ0) is 35.0. The Kier molecular flexibility index (Phi) is 5.60. The number of furan rings is 1. The first kappa shape index (κ1) is 29.0. The Balaban J connectivity index is 1.14. The van der Waals surface area contributed by atoms with Crippen molar-refractivity contribution in [3.8, 4) is 27.9 Å². The minimum atomic E-state index is -0.0166. The lowest BCUT2D eigenvalue weighted by molar-refractivity contribution is 0.660. The Hall–Kier alpha value is -6.64. The minimum absolute atomic E-state index is 0.0166. The number of hydrogen-bond donors (Lipinski definition) is 0. The number of aromatic nitrogens is 1. The van der Waals surface area contributed by atoms with Crippen molar-refractivity contribution in [1.82, 2.24) is 4.57 Å². The molecule has 0 saturated heterocycles. The van der Waals surface area contributed by atoms with E-state index in [0.29, 0.717) is 0 Å². The predicted molar refractivity (Wildman–Crippen MR) is 224 cm³/mol. The molecular formula is C51H33NO. The molecule has 1 aliphatic rings. The summed E-state index contributed by atoms with van der Waals surface area (Å²) in [7, 11) is 0. The normalized spacial score (nSPS) is 13.6. The van der Waals surface area contributed by atoms with Crippen LogP contribution in [-0.2, 0) is 5.41 Å². The summed E-state index contributed by atoms with van der Waals surface area (Å²) in [6, 6.07) is 60.6. The number of nitrogens with zero attached hydrogens (tertiary/aromatic N) is 1. The second-order valence-electron chi connectivity index (χ2n) is 15.3. The van der Waals surface area contributed by atoms with Crippen molar-refractivity contribution < 1.29 is 4.42 Å². The van der Waals surface area contributed by atoms with Gasteiger partial charge in [-0.2, -0.15) is 0 Å². The summed E-state index contributed by atoms with van der Waals surface area (Å²) >= 11 is 0. The molecule has 0 saturated carbocycles. The van der Waals surface area contributed by atoms with Crippen LogP contribution in [0, 0.1) is 0 Å². The summed E-state index contributed by atoms with van der Waals surface area (Å²) in [5.74, 6) is 0. The maximum atomic E-state index is 6.48. The summed E-state index contributed by atoms with van der Waals surface area (Å²) in [6.45, 7) is 4.68. The van der Waals surface area contributed by atoms with Gasteiger partial charge in [0.1, 0.15) is 11.2 Å². The van der Waals surface area contributed by atoms with Gasteiger partial charge in [-0.1, -0.05) is 129 Å². The number of hydrogen-bond acceptors (Lipinski definition) is 1. The molecule has 2 heteroatoms. The zero-order valence-corrected chi connectivity index (χ0v) is 29.4. The lowest BCUT2D eigenvalue weighted by atomic mass is 9.82. The highest BCUT2D eigenvalue weighted by Gasteiger charge is 2.35. The van der Waals surface area contributed by atoms with E-state index in [1.54, 1.807) is 0 Å². The van der Waals surface area contributed by atoms with Gasteiger partial charge < -0.3 is 8.98 Å². The Labute approximate surface area is 306 Å². The third-order valence-corrected chi connectivity index (χ3v) is 12.2. The molecule has 0 spiro atoms. The molecule has 0 aliphatic heterocycles. The number of benzene rings is 9.